The van der Waals surface area contributed by atoms with E-state index in [-0.39, 0.29) is 17.5 Å². The van der Waals surface area contributed by atoms with Gasteiger partial charge >= 0.3 is 0 Å². The molecule has 9 heteroatoms. The molecule has 9 nitrogen and oxygen atoms in total. The van der Waals surface area contributed by atoms with E-state index in [0.717, 1.165) is 32.8 Å². The smallest absolute Gasteiger partial charge is 0.269 e. The summed E-state index contributed by atoms with van der Waals surface area (Å²) in [6, 6.07) is 4.59. The molecule has 0 radical (unpaired) electrons. The fraction of sp³-hybridized carbons (Fsp3) is 0.412. The number of carbonyl (C=O) groups excluding carboxylic acids is 2. The van der Waals surface area contributed by atoms with Crippen LogP contribution in [0.25, 0.3) is 0 Å². The lowest BCUT2D eigenvalue weighted by atomic mass is 10.2. The molecule has 2 N–H and O–H groups in total. The zero-order valence-electron chi connectivity index (χ0n) is 14.5. The minimum atomic E-state index is -0.386. The summed E-state index contributed by atoms with van der Waals surface area (Å²) in [5.41, 5.74) is 0.509. The summed E-state index contributed by atoms with van der Waals surface area (Å²) in [6.07, 6.45) is 1.43. The van der Waals surface area contributed by atoms with Gasteiger partial charge in [-0.3, -0.25) is 19.5 Å². The Morgan fingerprint density at radius 1 is 1.23 bits per heavy atom. The summed E-state index contributed by atoms with van der Waals surface area (Å²) < 4.78 is 10.2. The van der Waals surface area contributed by atoms with Crippen molar-refractivity contribution >= 4 is 17.6 Å². The summed E-state index contributed by atoms with van der Waals surface area (Å²) in [6.45, 7) is 6.16. The number of nitrogens with zero attached hydrogens (tertiary/aromatic N) is 3. The van der Waals surface area contributed by atoms with Crippen molar-refractivity contribution in [2.75, 3.05) is 44.7 Å². The highest BCUT2D eigenvalue weighted by atomic mass is 16.5. The fourth-order valence-corrected chi connectivity index (χ4v) is 2.55. The maximum Gasteiger partial charge on any atom is 0.269 e. The molecule has 0 atom stereocenters. The Hall–Kier alpha value is -2.78. The van der Waals surface area contributed by atoms with Gasteiger partial charge in [0.2, 0.25) is 0 Å². The van der Waals surface area contributed by atoms with E-state index in [1.807, 2.05) is 0 Å². The molecule has 2 aromatic heterocycles. The highest BCUT2D eigenvalue weighted by molar-refractivity contribution is 6.05. The molecule has 3 rings (SSSR count). The lowest BCUT2D eigenvalue weighted by molar-refractivity contribution is 0.0383. The van der Waals surface area contributed by atoms with Crippen molar-refractivity contribution in [3.05, 3.63) is 41.4 Å². The zero-order chi connectivity index (χ0) is 18.4. The summed E-state index contributed by atoms with van der Waals surface area (Å²) >= 11 is 0. The second-order valence-electron chi connectivity index (χ2n) is 5.92. The van der Waals surface area contributed by atoms with Gasteiger partial charge in [-0.25, -0.2) is 0 Å². The Kier molecular flexibility index (Phi) is 5.92. The van der Waals surface area contributed by atoms with Crippen LogP contribution in [-0.4, -0.2) is 66.2 Å². The predicted molar refractivity (Wildman–Crippen MR) is 93.0 cm³/mol. The van der Waals surface area contributed by atoms with Crippen LogP contribution in [0, 0.1) is 6.92 Å². The molecule has 2 aromatic rings. The number of carbonyl (C=O) groups is 2. The van der Waals surface area contributed by atoms with Crippen molar-refractivity contribution in [2.24, 2.45) is 0 Å². The molecule has 1 saturated heterocycles. The molecule has 0 aromatic carbocycles. The van der Waals surface area contributed by atoms with Gasteiger partial charge in [0, 0.05) is 44.0 Å². The van der Waals surface area contributed by atoms with Crippen LogP contribution in [0.4, 0.5) is 5.82 Å². The maximum atomic E-state index is 12.2. The van der Waals surface area contributed by atoms with E-state index in [9.17, 15) is 9.59 Å². The standard InChI is InChI=1S/C17H21N5O4/c1-12-10-15(21-26-12)20-16(23)13-2-3-18-14(11-13)17(24)19-4-5-22-6-8-25-9-7-22/h2-3,10-11H,4-9H2,1H3,(H,19,24)(H,20,21,23). The Labute approximate surface area is 150 Å². The largest absolute Gasteiger partial charge is 0.379 e. The first-order valence-corrected chi connectivity index (χ1v) is 8.41. The van der Waals surface area contributed by atoms with Gasteiger partial charge in [0.25, 0.3) is 11.8 Å². The Morgan fingerprint density at radius 2 is 2.04 bits per heavy atom. The normalized spacial score (nSPS) is 14.8. The number of aryl methyl sites for hydroxylation is 1. The van der Waals surface area contributed by atoms with E-state index in [0.29, 0.717) is 23.7 Å². The molecule has 0 unspecified atom stereocenters. The number of hydrogen-bond donors (Lipinski definition) is 2. The number of rotatable bonds is 6. The van der Waals surface area contributed by atoms with Crippen LogP contribution in [0.15, 0.2) is 28.9 Å². The molecule has 0 bridgehead atoms. The van der Waals surface area contributed by atoms with E-state index < -0.39 is 0 Å². The van der Waals surface area contributed by atoms with E-state index >= 15 is 0 Å². The Balaban J connectivity index is 1.53. The first-order valence-electron chi connectivity index (χ1n) is 8.41. The van der Waals surface area contributed by atoms with Crippen molar-refractivity contribution in [1.82, 2.24) is 20.4 Å². The maximum absolute atomic E-state index is 12.2. The van der Waals surface area contributed by atoms with E-state index in [1.165, 1.54) is 18.3 Å². The second-order valence-corrected chi connectivity index (χ2v) is 5.92. The second kappa shape index (κ2) is 8.54. The highest BCUT2D eigenvalue weighted by Crippen LogP contribution is 2.10. The third kappa shape index (κ3) is 4.87. The Morgan fingerprint density at radius 3 is 2.77 bits per heavy atom. The average Bonchev–Trinajstić information content (AvgIpc) is 3.07. The number of ether oxygens (including phenoxy) is 1. The summed E-state index contributed by atoms with van der Waals surface area (Å²) in [5.74, 6) is 0.212. The van der Waals surface area contributed by atoms with E-state index in [4.69, 9.17) is 9.26 Å². The number of anilines is 1. The molecule has 2 amide bonds. The SMILES string of the molecule is Cc1cc(NC(=O)c2ccnc(C(=O)NCCN3CCOCC3)c2)no1. The van der Waals surface area contributed by atoms with Crippen LogP contribution in [0.1, 0.15) is 26.6 Å². The number of nitrogens with one attached hydrogen (secondary N) is 2. The van der Waals surface area contributed by atoms with Crippen molar-refractivity contribution in [2.45, 2.75) is 6.92 Å². The van der Waals surface area contributed by atoms with Crippen LogP contribution in [-0.2, 0) is 4.74 Å². The molecule has 0 spiro atoms. The van der Waals surface area contributed by atoms with Crippen LogP contribution in [0.3, 0.4) is 0 Å². The van der Waals surface area contributed by atoms with Crippen LogP contribution >= 0.6 is 0 Å². The minimum Gasteiger partial charge on any atom is -0.379 e. The lowest BCUT2D eigenvalue weighted by Crippen LogP contribution is -2.41. The van der Waals surface area contributed by atoms with Crippen LogP contribution < -0.4 is 10.6 Å². The molecule has 26 heavy (non-hydrogen) atoms. The number of amides is 2. The molecule has 0 aliphatic carbocycles. The molecule has 0 saturated carbocycles. The fourth-order valence-electron chi connectivity index (χ4n) is 2.55. The molecule has 1 fully saturated rings. The highest BCUT2D eigenvalue weighted by Gasteiger charge is 2.14. The average molecular weight is 359 g/mol. The molecule has 138 valence electrons. The number of aromatic nitrogens is 2. The molecule has 1 aliphatic rings. The Bertz CT molecular complexity index is 770. The lowest BCUT2D eigenvalue weighted by Gasteiger charge is -2.26. The van der Waals surface area contributed by atoms with Gasteiger partial charge in [0.05, 0.1) is 13.2 Å². The first-order chi connectivity index (χ1) is 12.6. The van der Waals surface area contributed by atoms with Crippen LogP contribution in [0.5, 0.6) is 0 Å². The predicted octanol–water partition coefficient (Wildman–Crippen LogP) is 0.692. The number of morpholine rings is 1. The van der Waals surface area contributed by atoms with Crippen molar-refractivity contribution in [1.29, 1.82) is 0 Å². The molecular formula is C17H21N5O4. The first kappa shape index (κ1) is 18.0. The summed E-state index contributed by atoms with van der Waals surface area (Å²) in [5, 5.41) is 9.14. The minimum absolute atomic E-state index is 0.191. The molecule has 3 heterocycles. The van der Waals surface area contributed by atoms with Crippen molar-refractivity contribution < 1.29 is 18.8 Å². The summed E-state index contributed by atoms with van der Waals surface area (Å²) in [7, 11) is 0. The van der Waals surface area contributed by atoms with Gasteiger partial charge in [-0.15, -0.1) is 0 Å². The summed E-state index contributed by atoms with van der Waals surface area (Å²) in [4.78, 5) is 30.8. The van der Waals surface area contributed by atoms with E-state index in [2.05, 4.69) is 25.7 Å². The quantitative estimate of drug-likeness (QED) is 0.781. The zero-order valence-corrected chi connectivity index (χ0v) is 14.5. The van der Waals surface area contributed by atoms with Gasteiger partial charge in [0.15, 0.2) is 5.82 Å². The molecule has 1 aliphatic heterocycles. The molecular weight excluding hydrogens is 338 g/mol. The van der Waals surface area contributed by atoms with E-state index in [1.54, 1.807) is 13.0 Å². The topological polar surface area (TPSA) is 110 Å². The van der Waals surface area contributed by atoms with Crippen LogP contribution in [0.2, 0.25) is 0 Å². The van der Waals surface area contributed by atoms with Gasteiger partial charge in [0.1, 0.15) is 11.5 Å². The monoisotopic (exact) mass is 359 g/mol. The van der Waals surface area contributed by atoms with Gasteiger partial charge < -0.3 is 19.9 Å². The van der Waals surface area contributed by atoms with Crippen molar-refractivity contribution in [3.63, 3.8) is 0 Å². The van der Waals surface area contributed by atoms with Gasteiger partial charge in [-0.2, -0.15) is 0 Å². The van der Waals surface area contributed by atoms with Crippen molar-refractivity contribution in [3.8, 4) is 0 Å². The third-order valence-corrected chi connectivity index (χ3v) is 3.94. The third-order valence-electron chi connectivity index (χ3n) is 3.94. The van der Waals surface area contributed by atoms with Gasteiger partial charge in [-0.05, 0) is 19.1 Å². The van der Waals surface area contributed by atoms with Gasteiger partial charge in [-0.1, -0.05) is 5.16 Å². The number of pyridine rings is 1. The number of hydrogen-bond acceptors (Lipinski definition) is 7.